The molecule has 0 aromatic heterocycles. The number of halogens is 1. The summed E-state index contributed by atoms with van der Waals surface area (Å²) in [4.78, 5) is 11.3. The molecular weight excluding hydrogens is 331 g/mol. The Morgan fingerprint density at radius 3 is 2.76 bits per heavy atom. The van der Waals surface area contributed by atoms with E-state index in [4.69, 9.17) is 9.47 Å². The van der Waals surface area contributed by atoms with Gasteiger partial charge in [-0.25, -0.2) is 4.79 Å². The molecule has 0 unspecified atom stereocenters. The number of ether oxygens (including phenoxy) is 2. The zero-order valence-electron chi connectivity index (χ0n) is 10.0. The van der Waals surface area contributed by atoms with Crippen LogP contribution in [0.2, 0.25) is 0 Å². The zero-order valence-corrected chi connectivity index (χ0v) is 12.2. The molecule has 1 aliphatic rings. The molecule has 0 saturated carbocycles. The highest BCUT2D eigenvalue weighted by Crippen LogP contribution is 2.40. The van der Waals surface area contributed by atoms with Crippen LogP contribution in [0.4, 0.5) is 4.79 Å². The van der Waals surface area contributed by atoms with Gasteiger partial charge >= 0.3 is 6.16 Å². The third-order valence-corrected chi connectivity index (χ3v) is 3.94. The molecule has 1 aliphatic heterocycles. The first-order valence-electron chi connectivity index (χ1n) is 5.85. The minimum absolute atomic E-state index is 0.618. The van der Waals surface area contributed by atoms with Crippen molar-refractivity contribution >= 4 is 28.7 Å². The Morgan fingerprint density at radius 2 is 2.06 bits per heavy atom. The number of aryl methyl sites for hydroxylation is 1. The molecule has 0 spiro atoms. The molecular formula is C13H15IO3. The van der Waals surface area contributed by atoms with Crippen molar-refractivity contribution in [3.63, 3.8) is 0 Å². The highest BCUT2D eigenvalue weighted by molar-refractivity contribution is 14.1. The van der Waals surface area contributed by atoms with Crippen molar-refractivity contribution < 1.29 is 14.3 Å². The van der Waals surface area contributed by atoms with Gasteiger partial charge in [0.1, 0.15) is 0 Å². The van der Waals surface area contributed by atoms with E-state index in [2.05, 4.69) is 29.5 Å². The van der Waals surface area contributed by atoms with E-state index in [1.165, 1.54) is 12.8 Å². The lowest BCUT2D eigenvalue weighted by atomic mass is 10.0. The van der Waals surface area contributed by atoms with Gasteiger partial charge in [0.15, 0.2) is 11.5 Å². The number of unbranched alkanes of at least 4 members (excludes halogenated alkanes) is 2. The van der Waals surface area contributed by atoms with Gasteiger partial charge in [-0.05, 0) is 59.5 Å². The maximum absolute atomic E-state index is 11.3. The quantitative estimate of drug-likeness (QED) is 0.354. The van der Waals surface area contributed by atoms with Crippen molar-refractivity contribution in [2.24, 2.45) is 0 Å². The van der Waals surface area contributed by atoms with E-state index in [1.807, 2.05) is 13.0 Å². The molecule has 3 nitrogen and oxygen atoms in total. The maximum atomic E-state index is 11.3. The van der Waals surface area contributed by atoms with E-state index < -0.39 is 6.16 Å². The monoisotopic (exact) mass is 346 g/mol. The molecule has 0 N–H and O–H groups in total. The summed E-state index contributed by atoms with van der Waals surface area (Å²) in [7, 11) is 0. The lowest BCUT2D eigenvalue weighted by Crippen LogP contribution is -2.21. The van der Waals surface area contributed by atoms with Crippen LogP contribution in [0, 0.1) is 10.5 Å². The Bertz CT molecular complexity index is 454. The van der Waals surface area contributed by atoms with Crippen molar-refractivity contribution in [1.82, 2.24) is 0 Å². The van der Waals surface area contributed by atoms with Gasteiger partial charge in [-0.3, -0.25) is 0 Å². The molecule has 1 heterocycles. The summed E-state index contributed by atoms with van der Waals surface area (Å²) in [5.74, 6) is 1.32. The van der Waals surface area contributed by atoms with E-state index in [1.54, 1.807) is 0 Å². The van der Waals surface area contributed by atoms with Crippen molar-refractivity contribution in [3.8, 4) is 11.5 Å². The van der Waals surface area contributed by atoms with Crippen LogP contribution in [0.1, 0.15) is 37.3 Å². The SMILES string of the molecule is CCCCCc1c(C)cc2c(I)c1OC(=O)O2. The Morgan fingerprint density at radius 1 is 1.29 bits per heavy atom. The van der Waals surface area contributed by atoms with Crippen LogP contribution < -0.4 is 9.47 Å². The average Bonchev–Trinajstić information content (AvgIpc) is 2.27. The van der Waals surface area contributed by atoms with Gasteiger partial charge in [-0.15, -0.1) is 0 Å². The minimum Gasteiger partial charge on any atom is -0.393 e. The van der Waals surface area contributed by atoms with Gasteiger partial charge < -0.3 is 9.47 Å². The van der Waals surface area contributed by atoms with Crippen LogP contribution in [0.25, 0.3) is 0 Å². The first-order chi connectivity index (χ1) is 8.13. The highest BCUT2D eigenvalue weighted by Gasteiger charge is 2.26. The lowest BCUT2D eigenvalue weighted by Gasteiger charge is -2.21. The van der Waals surface area contributed by atoms with E-state index in [0.29, 0.717) is 11.5 Å². The van der Waals surface area contributed by atoms with Crippen molar-refractivity contribution in [2.75, 3.05) is 0 Å². The largest absolute Gasteiger partial charge is 0.519 e. The van der Waals surface area contributed by atoms with E-state index in [9.17, 15) is 4.79 Å². The summed E-state index contributed by atoms with van der Waals surface area (Å²) in [6, 6.07) is 1.92. The number of hydrogen-bond acceptors (Lipinski definition) is 3. The lowest BCUT2D eigenvalue weighted by molar-refractivity contribution is 0.144. The predicted molar refractivity (Wildman–Crippen MR) is 73.8 cm³/mol. The van der Waals surface area contributed by atoms with Crippen LogP contribution >= 0.6 is 22.6 Å². The molecule has 0 aliphatic carbocycles. The van der Waals surface area contributed by atoms with Crippen molar-refractivity contribution in [1.29, 1.82) is 0 Å². The molecule has 0 radical (unpaired) electrons. The van der Waals surface area contributed by atoms with Crippen LogP contribution in [0.15, 0.2) is 6.07 Å². The summed E-state index contributed by atoms with van der Waals surface area (Å²) in [5.41, 5.74) is 2.28. The van der Waals surface area contributed by atoms with E-state index in [-0.39, 0.29) is 0 Å². The van der Waals surface area contributed by atoms with Crippen LogP contribution in [-0.4, -0.2) is 6.16 Å². The number of rotatable bonds is 4. The average molecular weight is 346 g/mol. The molecule has 0 saturated heterocycles. The number of carbonyl (C=O) groups is 1. The molecule has 0 fully saturated rings. The van der Waals surface area contributed by atoms with Crippen molar-refractivity contribution in [3.05, 3.63) is 20.8 Å². The number of hydrogen-bond donors (Lipinski definition) is 0. The van der Waals surface area contributed by atoms with Crippen LogP contribution in [-0.2, 0) is 6.42 Å². The fourth-order valence-electron chi connectivity index (χ4n) is 2.01. The second-order valence-corrected chi connectivity index (χ2v) is 5.30. The summed E-state index contributed by atoms with van der Waals surface area (Å²) in [6.45, 7) is 4.21. The van der Waals surface area contributed by atoms with Gasteiger partial charge in [0.2, 0.25) is 0 Å². The molecule has 0 atom stereocenters. The Hall–Kier alpha value is -0.780. The van der Waals surface area contributed by atoms with Crippen molar-refractivity contribution in [2.45, 2.75) is 39.5 Å². The van der Waals surface area contributed by atoms with Crippen LogP contribution in [0.5, 0.6) is 11.5 Å². The van der Waals surface area contributed by atoms with Gasteiger partial charge in [-0.2, -0.15) is 0 Å². The number of carbonyl (C=O) groups excluding carboxylic acids is 1. The number of fused-ring (bicyclic) bond motifs is 2. The van der Waals surface area contributed by atoms with Crippen LogP contribution in [0.3, 0.4) is 0 Å². The van der Waals surface area contributed by atoms with Gasteiger partial charge in [0.05, 0.1) is 3.57 Å². The molecule has 4 heteroatoms. The second kappa shape index (κ2) is 5.25. The van der Waals surface area contributed by atoms with E-state index >= 15 is 0 Å². The molecule has 1 aromatic rings. The molecule has 1 aromatic carbocycles. The predicted octanol–water partition coefficient (Wildman–Crippen LogP) is 4.22. The second-order valence-electron chi connectivity index (χ2n) is 4.22. The minimum atomic E-state index is -0.618. The van der Waals surface area contributed by atoms with Gasteiger partial charge in [-0.1, -0.05) is 19.8 Å². The summed E-state index contributed by atoms with van der Waals surface area (Å²) in [6.07, 6.45) is 3.84. The van der Waals surface area contributed by atoms with Gasteiger partial charge in [0, 0.05) is 0 Å². The smallest absolute Gasteiger partial charge is 0.393 e. The molecule has 0 amide bonds. The molecule has 92 valence electrons. The Labute approximate surface area is 115 Å². The molecule has 2 rings (SSSR count). The highest BCUT2D eigenvalue weighted by atomic mass is 127. The molecule has 17 heavy (non-hydrogen) atoms. The fourth-order valence-corrected chi connectivity index (χ4v) is 2.71. The third kappa shape index (κ3) is 2.56. The maximum Gasteiger partial charge on any atom is 0.519 e. The first kappa shape index (κ1) is 12.7. The zero-order chi connectivity index (χ0) is 12.4. The topological polar surface area (TPSA) is 35.5 Å². The first-order valence-corrected chi connectivity index (χ1v) is 6.93. The number of benzene rings is 1. The van der Waals surface area contributed by atoms with Gasteiger partial charge in [0.25, 0.3) is 0 Å². The Kier molecular flexibility index (Phi) is 3.91. The normalized spacial score (nSPS) is 13.2. The Balaban J connectivity index is 2.33. The van der Waals surface area contributed by atoms with E-state index in [0.717, 1.165) is 27.5 Å². The summed E-state index contributed by atoms with van der Waals surface area (Å²) >= 11 is 2.17. The summed E-state index contributed by atoms with van der Waals surface area (Å²) in [5, 5.41) is 0. The summed E-state index contributed by atoms with van der Waals surface area (Å²) < 4.78 is 11.1. The third-order valence-electron chi connectivity index (χ3n) is 2.92. The fraction of sp³-hybridized carbons (Fsp3) is 0.462. The standard InChI is InChI=1S/C13H15IO3/c1-3-4-5-6-9-8(2)7-10-11(14)12(9)17-13(15)16-10/h7H,3-6H2,1-2H3. The molecule has 2 bridgehead atoms.